The molecule has 8 nitrogen and oxygen atoms in total. The first-order valence-corrected chi connectivity index (χ1v) is 10.8. The highest BCUT2D eigenvalue weighted by molar-refractivity contribution is 7.89. The summed E-state index contributed by atoms with van der Waals surface area (Å²) in [5.41, 5.74) is 0.282. The van der Waals surface area contributed by atoms with E-state index >= 15 is 0 Å². The van der Waals surface area contributed by atoms with E-state index in [0.717, 1.165) is 18.9 Å². The van der Waals surface area contributed by atoms with Crippen LogP contribution in [-0.2, 0) is 10.0 Å². The maximum absolute atomic E-state index is 14.0. The molecule has 0 saturated carbocycles. The van der Waals surface area contributed by atoms with Crippen molar-refractivity contribution >= 4 is 15.8 Å². The van der Waals surface area contributed by atoms with E-state index in [-0.39, 0.29) is 28.8 Å². The van der Waals surface area contributed by atoms with Crippen LogP contribution < -0.4 is 14.4 Å². The van der Waals surface area contributed by atoms with E-state index in [2.05, 4.69) is 14.7 Å². The van der Waals surface area contributed by atoms with Gasteiger partial charge in [-0.15, -0.1) is 0 Å². The fraction of sp³-hybridized carbons (Fsp3) is 0.421. The standard InChI is InChI=1S/C19H22FN5O3S/c1-2-28-18-4-3-15(11-16(18)20)29(26,27)24-13-14-5-9-25(10-6-14)19-17(12-21)22-7-8-23-19/h3-4,7-8,11,14,24H,2,5-6,9-10,13H2,1H3. The minimum Gasteiger partial charge on any atom is -0.491 e. The van der Waals surface area contributed by atoms with Crippen molar-refractivity contribution in [2.45, 2.75) is 24.7 Å². The van der Waals surface area contributed by atoms with Crippen molar-refractivity contribution in [2.75, 3.05) is 31.1 Å². The van der Waals surface area contributed by atoms with Gasteiger partial charge in [0.15, 0.2) is 23.1 Å². The van der Waals surface area contributed by atoms with Crippen molar-refractivity contribution in [3.8, 4) is 11.8 Å². The number of piperidine rings is 1. The zero-order valence-corrected chi connectivity index (χ0v) is 16.8. The van der Waals surface area contributed by atoms with Crippen LogP contribution >= 0.6 is 0 Å². The van der Waals surface area contributed by atoms with Gasteiger partial charge < -0.3 is 9.64 Å². The Labute approximate surface area is 169 Å². The highest BCUT2D eigenvalue weighted by Crippen LogP contribution is 2.24. The molecule has 2 aromatic rings. The normalized spacial score (nSPS) is 15.1. The van der Waals surface area contributed by atoms with Gasteiger partial charge in [0.1, 0.15) is 6.07 Å². The largest absolute Gasteiger partial charge is 0.491 e. The fourth-order valence-corrected chi connectivity index (χ4v) is 4.35. The van der Waals surface area contributed by atoms with Crippen LogP contribution in [0.4, 0.5) is 10.2 Å². The van der Waals surface area contributed by atoms with Crippen LogP contribution in [0.25, 0.3) is 0 Å². The van der Waals surface area contributed by atoms with Gasteiger partial charge in [0, 0.05) is 32.0 Å². The number of nitrogens with zero attached hydrogens (tertiary/aromatic N) is 4. The summed E-state index contributed by atoms with van der Waals surface area (Å²) < 4.78 is 46.6. The molecule has 0 unspecified atom stereocenters. The number of ether oxygens (including phenoxy) is 1. The Morgan fingerprint density at radius 1 is 1.31 bits per heavy atom. The number of rotatable bonds is 7. The average molecular weight is 419 g/mol. The van der Waals surface area contributed by atoms with E-state index < -0.39 is 15.8 Å². The summed E-state index contributed by atoms with van der Waals surface area (Å²) in [7, 11) is -3.81. The van der Waals surface area contributed by atoms with Gasteiger partial charge in [0.05, 0.1) is 11.5 Å². The third kappa shape index (κ3) is 4.99. The second kappa shape index (κ2) is 9.15. The first kappa shape index (κ1) is 21.0. The minimum atomic E-state index is -3.81. The maximum Gasteiger partial charge on any atom is 0.240 e. The molecule has 1 N–H and O–H groups in total. The van der Waals surface area contributed by atoms with Crippen LogP contribution in [0.5, 0.6) is 5.75 Å². The molecule has 0 radical (unpaired) electrons. The Hall–Kier alpha value is -2.77. The van der Waals surface area contributed by atoms with Crippen molar-refractivity contribution in [1.82, 2.24) is 14.7 Å². The van der Waals surface area contributed by atoms with Gasteiger partial charge >= 0.3 is 0 Å². The zero-order chi connectivity index (χ0) is 20.9. The second-order valence-corrected chi connectivity index (χ2v) is 8.41. The van der Waals surface area contributed by atoms with Crippen LogP contribution in [0.2, 0.25) is 0 Å². The van der Waals surface area contributed by atoms with Crippen molar-refractivity contribution in [1.29, 1.82) is 5.26 Å². The maximum atomic E-state index is 14.0. The smallest absolute Gasteiger partial charge is 0.240 e. The molecule has 154 valence electrons. The lowest BCUT2D eigenvalue weighted by atomic mass is 9.97. The molecule has 2 heterocycles. The molecule has 0 aliphatic carbocycles. The van der Waals surface area contributed by atoms with Crippen molar-refractivity contribution in [3.05, 3.63) is 42.1 Å². The quantitative estimate of drug-likeness (QED) is 0.732. The van der Waals surface area contributed by atoms with Crippen LogP contribution in [-0.4, -0.2) is 44.6 Å². The van der Waals surface area contributed by atoms with E-state index in [4.69, 9.17) is 10.00 Å². The summed E-state index contributed by atoms with van der Waals surface area (Å²) >= 11 is 0. The van der Waals surface area contributed by atoms with Crippen LogP contribution in [0.15, 0.2) is 35.5 Å². The van der Waals surface area contributed by atoms with Gasteiger partial charge in [0.2, 0.25) is 10.0 Å². The van der Waals surface area contributed by atoms with E-state index in [1.807, 2.05) is 11.0 Å². The van der Waals surface area contributed by atoms with Crippen molar-refractivity contribution in [3.63, 3.8) is 0 Å². The monoisotopic (exact) mass is 419 g/mol. The number of hydrogen-bond donors (Lipinski definition) is 1. The molecule has 1 saturated heterocycles. The third-order valence-electron chi connectivity index (χ3n) is 4.77. The second-order valence-electron chi connectivity index (χ2n) is 6.65. The lowest BCUT2D eigenvalue weighted by Crippen LogP contribution is -2.39. The summed E-state index contributed by atoms with van der Waals surface area (Å²) in [6.07, 6.45) is 4.50. The number of hydrogen-bond acceptors (Lipinski definition) is 7. The molecule has 1 fully saturated rings. The third-order valence-corrected chi connectivity index (χ3v) is 6.20. The highest BCUT2D eigenvalue weighted by atomic mass is 32.2. The fourth-order valence-electron chi connectivity index (χ4n) is 3.22. The number of halogens is 1. The molecule has 29 heavy (non-hydrogen) atoms. The predicted octanol–water partition coefficient (Wildman–Crippen LogP) is 2.08. The number of aromatic nitrogens is 2. The summed E-state index contributed by atoms with van der Waals surface area (Å²) in [6.45, 7) is 3.58. The number of benzene rings is 1. The van der Waals surface area contributed by atoms with Crippen molar-refractivity contribution < 1.29 is 17.5 Å². The lowest BCUT2D eigenvalue weighted by molar-refractivity contribution is 0.321. The molecule has 10 heteroatoms. The van der Waals surface area contributed by atoms with E-state index in [1.54, 1.807) is 13.1 Å². The minimum absolute atomic E-state index is 0.0274. The van der Waals surface area contributed by atoms with Gasteiger partial charge in [-0.2, -0.15) is 5.26 Å². The zero-order valence-electron chi connectivity index (χ0n) is 16.0. The van der Waals surface area contributed by atoms with Crippen molar-refractivity contribution in [2.24, 2.45) is 5.92 Å². The van der Waals surface area contributed by atoms with Gasteiger partial charge in [-0.05, 0) is 43.9 Å². The van der Waals surface area contributed by atoms with E-state index in [0.29, 0.717) is 25.5 Å². The summed E-state index contributed by atoms with van der Waals surface area (Å²) in [4.78, 5) is 10.1. The van der Waals surface area contributed by atoms with E-state index in [1.165, 1.54) is 18.3 Å². The predicted molar refractivity (Wildman–Crippen MR) is 104 cm³/mol. The molecule has 1 aromatic heterocycles. The summed E-state index contributed by atoms with van der Waals surface area (Å²) in [5.74, 6) is 0.00884. The van der Waals surface area contributed by atoms with Crippen LogP contribution in [0, 0.1) is 23.1 Å². The Kier molecular flexibility index (Phi) is 6.61. The molecule has 0 spiro atoms. The summed E-state index contributed by atoms with van der Waals surface area (Å²) in [6, 6.07) is 5.65. The molecule has 0 atom stereocenters. The highest BCUT2D eigenvalue weighted by Gasteiger charge is 2.24. The number of nitriles is 1. The average Bonchev–Trinajstić information content (AvgIpc) is 2.74. The van der Waals surface area contributed by atoms with Gasteiger partial charge in [0.25, 0.3) is 0 Å². The number of nitrogens with one attached hydrogen (secondary N) is 1. The summed E-state index contributed by atoms with van der Waals surface area (Å²) in [5, 5.41) is 9.16. The Morgan fingerprint density at radius 3 is 2.69 bits per heavy atom. The topological polar surface area (TPSA) is 108 Å². The lowest BCUT2D eigenvalue weighted by Gasteiger charge is -2.32. The number of anilines is 1. The van der Waals surface area contributed by atoms with Gasteiger partial charge in [-0.1, -0.05) is 0 Å². The molecule has 0 bridgehead atoms. The molecular formula is C19H22FN5O3S. The van der Waals surface area contributed by atoms with Crippen LogP contribution in [0.3, 0.4) is 0 Å². The Balaban J connectivity index is 1.57. The molecule has 1 aromatic carbocycles. The van der Waals surface area contributed by atoms with Gasteiger partial charge in [-0.25, -0.2) is 27.5 Å². The van der Waals surface area contributed by atoms with Crippen LogP contribution in [0.1, 0.15) is 25.5 Å². The van der Waals surface area contributed by atoms with E-state index in [9.17, 15) is 12.8 Å². The van der Waals surface area contributed by atoms with Gasteiger partial charge in [-0.3, -0.25) is 0 Å². The molecule has 0 amide bonds. The molecule has 1 aliphatic rings. The molecule has 3 rings (SSSR count). The number of sulfonamides is 1. The Morgan fingerprint density at radius 2 is 2.03 bits per heavy atom. The first-order chi connectivity index (χ1) is 13.9. The molecular weight excluding hydrogens is 397 g/mol. The Bertz CT molecular complexity index is 1000. The first-order valence-electron chi connectivity index (χ1n) is 9.32. The molecule has 1 aliphatic heterocycles. The SMILES string of the molecule is CCOc1ccc(S(=O)(=O)NCC2CCN(c3nccnc3C#N)CC2)cc1F.